The smallest absolute Gasteiger partial charge is 0.410 e. The largest absolute Gasteiger partial charge is 0.444 e. The van der Waals surface area contributed by atoms with Gasteiger partial charge in [-0.25, -0.2) is 19.2 Å². The third kappa shape index (κ3) is 4.23. The van der Waals surface area contributed by atoms with Crippen molar-refractivity contribution in [1.82, 2.24) is 19.9 Å². The molecule has 1 aliphatic rings. The van der Waals surface area contributed by atoms with E-state index in [9.17, 15) is 9.18 Å². The molecule has 1 amide bonds. The van der Waals surface area contributed by atoms with Crippen molar-refractivity contribution in [3.05, 3.63) is 35.1 Å². The minimum absolute atomic E-state index is 0.0102. The Hall–Kier alpha value is -2.19. The number of hydrogen-bond acceptors (Lipinski definition) is 6. The number of nitrogens with zero attached hydrogens (tertiary/aromatic N) is 5. The lowest BCUT2D eigenvalue weighted by Gasteiger charge is -2.33. The molecule has 7 nitrogen and oxygen atoms in total. The average molecular weight is 442 g/mol. The van der Waals surface area contributed by atoms with Gasteiger partial charge in [-0.3, -0.25) is 4.90 Å². The molecule has 0 aliphatic carbocycles. The SMILES string of the molecule is C=CC1[C@H](N(C)c2nc(Cl)nc3c(F)c(Cl)ncc23)CCN1C(=O)OC(C)(C)C. The lowest BCUT2D eigenvalue weighted by molar-refractivity contribution is 0.0251. The Bertz CT molecular complexity index is 966. The summed E-state index contributed by atoms with van der Waals surface area (Å²) >= 11 is 11.8. The number of carbonyl (C=O) groups excluding carboxylic acids is 1. The third-order valence-corrected chi connectivity index (χ3v) is 5.15. The highest BCUT2D eigenvalue weighted by Crippen LogP contribution is 2.33. The van der Waals surface area contributed by atoms with Crippen LogP contribution in [-0.4, -0.2) is 57.2 Å². The van der Waals surface area contributed by atoms with Crippen LogP contribution in [0, 0.1) is 5.82 Å². The molecule has 1 unspecified atom stereocenters. The molecule has 0 saturated carbocycles. The van der Waals surface area contributed by atoms with Gasteiger partial charge in [-0.15, -0.1) is 6.58 Å². The summed E-state index contributed by atoms with van der Waals surface area (Å²) in [6.07, 6.45) is 3.33. The van der Waals surface area contributed by atoms with Crippen molar-refractivity contribution in [3.63, 3.8) is 0 Å². The van der Waals surface area contributed by atoms with E-state index in [1.54, 1.807) is 18.0 Å². The zero-order valence-electron chi connectivity index (χ0n) is 16.6. The number of fused-ring (bicyclic) bond motifs is 1. The second kappa shape index (κ2) is 7.91. The quantitative estimate of drug-likeness (QED) is 0.397. The van der Waals surface area contributed by atoms with Crippen LogP contribution in [-0.2, 0) is 4.74 Å². The van der Waals surface area contributed by atoms with Crippen molar-refractivity contribution in [3.8, 4) is 0 Å². The van der Waals surface area contributed by atoms with E-state index in [0.29, 0.717) is 24.2 Å². The van der Waals surface area contributed by atoms with Crippen molar-refractivity contribution >= 4 is 46.0 Å². The molecule has 1 saturated heterocycles. The molecule has 2 aromatic rings. The molecule has 0 N–H and O–H groups in total. The number of rotatable bonds is 3. The standard InChI is InChI=1S/C19H22Cl2FN5O2/c1-6-11-12(7-8-27(11)18(28)29-19(2,3)4)26(5)16-10-9-23-15(20)13(22)14(10)24-17(21)25-16/h6,9,11-12H,1,7-8H2,2-5H3/t11?,12-/m1/s1. The number of anilines is 1. The van der Waals surface area contributed by atoms with Gasteiger partial charge in [-0.1, -0.05) is 17.7 Å². The maximum atomic E-state index is 14.4. The van der Waals surface area contributed by atoms with Crippen molar-refractivity contribution in [2.75, 3.05) is 18.5 Å². The van der Waals surface area contributed by atoms with E-state index in [4.69, 9.17) is 27.9 Å². The highest BCUT2D eigenvalue weighted by Gasteiger charge is 2.40. The zero-order valence-corrected chi connectivity index (χ0v) is 18.1. The van der Waals surface area contributed by atoms with Crippen molar-refractivity contribution in [2.24, 2.45) is 0 Å². The van der Waals surface area contributed by atoms with Crippen LogP contribution in [0.2, 0.25) is 10.4 Å². The lowest BCUT2D eigenvalue weighted by Crippen LogP contribution is -2.46. The fourth-order valence-corrected chi connectivity index (χ4v) is 3.76. The first-order valence-corrected chi connectivity index (χ1v) is 9.81. The van der Waals surface area contributed by atoms with E-state index < -0.39 is 17.5 Å². The first kappa shape index (κ1) is 21.5. The number of carbonyl (C=O) groups is 1. The highest BCUT2D eigenvalue weighted by atomic mass is 35.5. The normalized spacial score (nSPS) is 19.5. The molecular formula is C19H22Cl2FN5O2. The van der Waals surface area contributed by atoms with Gasteiger partial charge in [0.05, 0.1) is 17.5 Å². The summed E-state index contributed by atoms with van der Waals surface area (Å²) in [5.41, 5.74) is -0.616. The maximum Gasteiger partial charge on any atom is 0.410 e. The predicted octanol–water partition coefficient (Wildman–Crippen LogP) is 4.47. The van der Waals surface area contributed by atoms with Crippen molar-refractivity contribution < 1.29 is 13.9 Å². The molecule has 29 heavy (non-hydrogen) atoms. The fourth-order valence-electron chi connectivity index (χ4n) is 3.46. The van der Waals surface area contributed by atoms with Crippen LogP contribution in [0.3, 0.4) is 0 Å². The summed E-state index contributed by atoms with van der Waals surface area (Å²) in [6, 6.07) is -0.503. The summed E-state index contributed by atoms with van der Waals surface area (Å²) in [5, 5.41) is -0.0307. The highest BCUT2D eigenvalue weighted by molar-refractivity contribution is 6.30. The summed E-state index contributed by atoms with van der Waals surface area (Å²) in [4.78, 5) is 28.2. The first-order chi connectivity index (χ1) is 13.5. The van der Waals surface area contributed by atoms with Gasteiger partial charge in [0.1, 0.15) is 16.9 Å². The number of hydrogen-bond donors (Lipinski definition) is 0. The summed E-state index contributed by atoms with van der Waals surface area (Å²) in [5.74, 6) is -0.365. The van der Waals surface area contributed by atoms with E-state index in [1.165, 1.54) is 6.20 Å². The van der Waals surface area contributed by atoms with E-state index in [0.717, 1.165) is 0 Å². The maximum absolute atomic E-state index is 14.4. The summed E-state index contributed by atoms with van der Waals surface area (Å²) in [7, 11) is 1.80. The number of pyridine rings is 1. The molecule has 0 radical (unpaired) electrons. The fraction of sp³-hybridized carbons (Fsp3) is 0.474. The van der Waals surface area contributed by atoms with Crippen molar-refractivity contribution in [1.29, 1.82) is 0 Å². The van der Waals surface area contributed by atoms with Gasteiger partial charge in [-0.2, -0.15) is 4.98 Å². The number of amides is 1. The van der Waals surface area contributed by atoms with Crippen molar-refractivity contribution in [2.45, 2.75) is 44.9 Å². The number of aromatic nitrogens is 3. The predicted molar refractivity (Wildman–Crippen MR) is 111 cm³/mol. The lowest BCUT2D eigenvalue weighted by atomic mass is 10.1. The van der Waals surface area contributed by atoms with E-state index >= 15 is 0 Å². The van der Waals surface area contributed by atoms with E-state index in [-0.39, 0.29) is 28.0 Å². The van der Waals surface area contributed by atoms with E-state index in [2.05, 4.69) is 21.5 Å². The monoisotopic (exact) mass is 441 g/mol. The second-order valence-electron chi connectivity index (χ2n) is 7.81. The molecule has 156 valence electrons. The van der Waals surface area contributed by atoms with Crippen LogP contribution in [0.15, 0.2) is 18.9 Å². The van der Waals surface area contributed by atoms with Gasteiger partial charge in [0, 0.05) is 19.8 Å². The summed E-state index contributed by atoms with van der Waals surface area (Å²) < 4.78 is 19.9. The molecule has 0 spiro atoms. The van der Waals surface area contributed by atoms with Crippen LogP contribution in [0.1, 0.15) is 27.2 Å². The molecule has 0 aromatic carbocycles. The molecule has 1 fully saturated rings. The number of halogens is 3. The molecule has 2 atom stereocenters. The van der Waals surface area contributed by atoms with Crippen LogP contribution in [0.5, 0.6) is 0 Å². The topological polar surface area (TPSA) is 71.5 Å². The van der Waals surface area contributed by atoms with Gasteiger partial charge in [0.25, 0.3) is 0 Å². The number of likely N-dealkylation sites (N-methyl/N-ethyl adjacent to an activating group) is 1. The Morgan fingerprint density at radius 1 is 1.41 bits per heavy atom. The Balaban J connectivity index is 1.96. The second-order valence-corrected chi connectivity index (χ2v) is 8.50. The average Bonchev–Trinajstić information content (AvgIpc) is 3.06. The number of ether oxygens (including phenoxy) is 1. The minimum Gasteiger partial charge on any atom is -0.444 e. The zero-order chi connectivity index (χ0) is 21.5. The van der Waals surface area contributed by atoms with Gasteiger partial charge >= 0.3 is 6.09 Å². The first-order valence-electron chi connectivity index (χ1n) is 9.05. The number of likely N-dealkylation sites (tertiary alicyclic amines) is 1. The van der Waals surface area contributed by atoms with Gasteiger partial charge in [0.15, 0.2) is 11.0 Å². The van der Waals surface area contributed by atoms with Gasteiger partial charge in [0.2, 0.25) is 5.28 Å². The minimum atomic E-state index is -0.759. The Labute approximate surface area is 178 Å². The third-order valence-electron chi connectivity index (χ3n) is 4.72. The van der Waals surface area contributed by atoms with Crippen LogP contribution < -0.4 is 4.90 Å². The molecule has 1 aliphatic heterocycles. The van der Waals surface area contributed by atoms with Gasteiger partial charge < -0.3 is 9.64 Å². The van der Waals surface area contributed by atoms with E-state index in [1.807, 2.05) is 25.7 Å². The summed E-state index contributed by atoms with van der Waals surface area (Å²) in [6.45, 7) is 9.80. The Morgan fingerprint density at radius 2 is 2.10 bits per heavy atom. The van der Waals surface area contributed by atoms with Crippen LogP contribution in [0.4, 0.5) is 15.0 Å². The molecule has 2 aromatic heterocycles. The Kier molecular flexibility index (Phi) is 5.87. The molecule has 0 bridgehead atoms. The van der Waals surface area contributed by atoms with Gasteiger partial charge in [-0.05, 0) is 38.8 Å². The molecule has 10 heteroatoms. The molecule has 3 rings (SSSR count). The van der Waals surface area contributed by atoms with Crippen LogP contribution in [0.25, 0.3) is 10.9 Å². The molecule has 3 heterocycles. The van der Waals surface area contributed by atoms with Crippen LogP contribution >= 0.6 is 23.2 Å². The Morgan fingerprint density at radius 3 is 2.72 bits per heavy atom. The molecular weight excluding hydrogens is 420 g/mol.